The highest BCUT2D eigenvalue weighted by Crippen LogP contribution is 2.38. The van der Waals surface area contributed by atoms with E-state index in [9.17, 15) is 18.4 Å². The Morgan fingerprint density at radius 3 is 1.97 bits per heavy atom. The minimum atomic E-state index is -1.01. The second-order valence-corrected chi connectivity index (χ2v) is 9.12. The fourth-order valence-electron chi connectivity index (χ4n) is 5.08. The molecule has 36 heavy (non-hydrogen) atoms. The zero-order chi connectivity index (χ0) is 25.9. The van der Waals surface area contributed by atoms with Crippen molar-refractivity contribution in [3.63, 3.8) is 0 Å². The number of benzene rings is 2. The average Bonchev–Trinajstić information content (AvgIpc) is 3.04. The molecule has 10 heteroatoms. The molecule has 0 radical (unpaired) electrons. The van der Waals surface area contributed by atoms with E-state index in [-0.39, 0.29) is 31.2 Å². The first-order valence-corrected chi connectivity index (χ1v) is 11.8. The summed E-state index contributed by atoms with van der Waals surface area (Å²) in [7, 11) is 4.74. The summed E-state index contributed by atoms with van der Waals surface area (Å²) in [5.74, 6) is -0.444. The predicted octanol–water partition coefficient (Wildman–Crippen LogP) is 3.43. The van der Waals surface area contributed by atoms with Crippen molar-refractivity contribution in [3.05, 3.63) is 59.2 Å². The zero-order valence-electron chi connectivity index (χ0n) is 20.8. The van der Waals surface area contributed by atoms with E-state index >= 15 is 0 Å². The minimum Gasteiger partial charge on any atom is -0.497 e. The van der Waals surface area contributed by atoms with E-state index in [4.69, 9.17) is 14.2 Å². The number of hydrogen-bond acceptors (Lipinski definition) is 6. The summed E-state index contributed by atoms with van der Waals surface area (Å²) in [6, 6.07) is 8.27. The van der Waals surface area contributed by atoms with Gasteiger partial charge in [-0.25, -0.2) is 13.6 Å². The number of amides is 3. The Bertz CT molecular complexity index is 1080. The summed E-state index contributed by atoms with van der Waals surface area (Å²) in [6.45, 7) is 2.15. The number of nitrogens with zero attached hydrogens (tertiary/aromatic N) is 3. The molecular formula is C26H31F2N3O5. The molecule has 0 aliphatic carbocycles. The van der Waals surface area contributed by atoms with Gasteiger partial charge >= 0.3 is 6.03 Å². The lowest BCUT2D eigenvalue weighted by Gasteiger charge is -2.42. The van der Waals surface area contributed by atoms with E-state index in [0.29, 0.717) is 44.0 Å². The van der Waals surface area contributed by atoms with Crippen molar-refractivity contribution in [3.8, 4) is 11.5 Å². The van der Waals surface area contributed by atoms with Crippen molar-refractivity contribution < 1.29 is 32.6 Å². The van der Waals surface area contributed by atoms with Crippen LogP contribution in [0.25, 0.3) is 0 Å². The molecule has 2 heterocycles. The summed E-state index contributed by atoms with van der Waals surface area (Å²) in [5.41, 5.74) is 0.230. The monoisotopic (exact) mass is 503 g/mol. The van der Waals surface area contributed by atoms with Gasteiger partial charge in [-0.1, -0.05) is 0 Å². The lowest BCUT2D eigenvalue weighted by molar-refractivity contribution is -0.136. The van der Waals surface area contributed by atoms with Gasteiger partial charge in [-0.05, 0) is 48.2 Å². The van der Waals surface area contributed by atoms with E-state index < -0.39 is 23.2 Å². The molecule has 0 atom stereocenters. The topological polar surface area (TPSA) is 71.6 Å². The van der Waals surface area contributed by atoms with Crippen LogP contribution >= 0.6 is 0 Å². The molecule has 194 valence electrons. The third-order valence-electron chi connectivity index (χ3n) is 6.90. The van der Waals surface area contributed by atoms with Crippen molar-refractivity contribution in [1.29, 1.82) is 0 Å². The van der Waals surface area contributed by atoms with Crippen molar-refractivity contribution in [2.75, 3.05) is 47.6 Å². The Morgan fingerprint density at radius 2 is 1.42 bits per heavy atom. The molecule has 0 N–H and O–H groups in total. The van der Waals surface area contributed by atoms with Crippen molar-refractivity contribution in [1.82, 2.24) is 14.7 Å². The maximum atomic E-state index is 13.7. The SMILES string of the molecule is COCCN1C(=O)N(Cc2cc(F)cc(F)c2)C(=O)C12CCN(Cc1cc(OC)cc(OC)c1)CC2. The van der Waals surface area contributed by atoms with Crippen LogP contribution in [0.15, 0.2) is 36.4 Å². The first kappa shape index (κ1) is 25.8. The first-order valence-electron chi connectivity index (χ1n) is 11.8. The van der Waals surface area contributed by atoms with Gasteiger partial charge in [-0.3, -0.25) is 14.6 Å². The van der Waals surface area contributed by atoms with Crippen molar-refractivity contribution >= 4 is 11.9 Å². The van der Waals surface area contributed by atoms with E-state index in [2.05, 4.69) is 4.90 Å². The molecule has 0 aromatic heterocycles. The van der Waals surface area contributed by atoms with Crippen molar-refractivity contribution in [2.24, 2.45) is 0 Å². The van der Waals surface area contributed by atoms with Gasteiger partial charge < -0.3 is 19.1 Å². The van der Waals surface area contributed by atoms with Gasteiger partial charge in [0.15, 0.2) is 0 Å². The third-order valence-corrected chi connectivity index (χ3v) is 6.90. The summed E-state index contributed by atoms with van der Waals surface area (Å²) >= 11 is 0. The van der Waals surface area contributed by atoms with Gasteiger partial charge in [-0.2, -0.15) is 0 Å². The lowest BCUT2D eigenvalue weighted by atomic mass is 9.85. The molecule has 0 bridgehead atoms. The normalized spacial score (nSPS) is 17.8. The van der Waals surface area contributed by atoms with Crippen LogP contribution in [0.2, 0.25) is 0 Å². The smallest absolute Gasteiger partial charge is 0.328 e. The van der Waals surface area contributed by atoms with E-state index in [1.807, 2.05) is 18.2 Å². The van der Waals surface area contributed by atoms with Crippen LogP contribution in [-0.2, 0) is 22.6 Å². The molecule has 3 amide bonds. The van der Waals surface area contributed by atoms with Gasteiger partial charge in [-0.15, -0.1) is 0 Å². The Kier molecular flexibility index (Phi) is 7.75. The summed E-state index contributed by atoms with van der Waals surface area (Å²) in [4.78, 5) is 31.9. The van der Waals surface area contributed by atoms with Gasteiger partial charge in [0.25, 0.3) is 5.91 Å². The molecule has 8 nitrogen and oxygen atoms in total. The molecule has 2 aromatic rings. The number of halogens is 2. The van der Waals surface area contributed by atoms with Gasteiger partial charge in [0.1, 0.15) is 28.7 Å². The van der Waals surface area contributed by atoms with Crippen LogP contribution in [0.4, 0.5) is 13.6 Å². The number of carbonyl (C=O) groups is 2. The zero-order valence-corrected chi connectivity index (χ0v) is 20.8. The second-order valence-electron chi connectivity index (χ2n) is 9.12. The minimum absolute atomic E-state index is 0.190. The predicted molar refractivity (Wildman–Crippen MR) is 128 cm³/mol. The first-order chi connectivity index (χ1) is 17.3. The highest BCUT2D eigenvalue weighted by molar-refractivity contribution is 6.07. The highest BCUT2D eigenvalue weighted by atomic mass is 19.1. The molecule has 2 fully saturated rings. The maximum Gasteiger partial charge on any atom is 0.328 e. The van der Waals surface area contributed by atoms with E-state index in [1.54, 1.807) is 19.1 Å². The number of hydrogen-bond donors (Lipinski definition) is 0. The van der Waals surface area contributed by atoms with Crippen LogP contribution < -0.4 is 9.47 Å². The number of ether oxygens (including phenoxy) is 3. The maximum absolute atomic E-state index is 13.7. The van der Waals surface area contributed by atoms with Gasteiger partial charge in [0.2, 0.25) is 0 Å². The highest BCUT2D eigenvalue weighted by Gasteiger charge is 2.57. The summed E-state index contributed by atoms with van der Waals surface area (Å²) < 4.78 is 43.4. The number of piperidine rings is 1. The molecular weight excluding hydrogens is 472 g/mol. The van der Waals surface area contributed by atoms with E-state index in [0.717, 1.165) is 28.7 Å². The fraction of sp³-hybridized carbons (Fsp3) is 0.462. The number of carbonyl (C=O) groups excluding carboxylic acids is 2. The molecule has 0 saturated carbocycles. The summed E-state index contributed by atoms with van der Waals surface area (Å²) in [6.07, 6.45) is 0.882. The largest absolute Gasteiger partial charge is 0.497 e. The summed E-state index contributed by atoms with van der Waals surface area (Å²) in [5, 5.41) is 0. The Balaban J connectivity index is 1.52. The van der Waals surface area contributed by atoms with Crippen LogP contribution in [0.3, 0.4) is 0 Å². The number of imide groups is 1. The molecule has 0 unspecified atom stereocenters. The van der Waals surface area contributed by atoms with Crippen LogP contribution in [0.1, 0.15) is 24.0 Å². The third kappa shape index (κ3) is 5.15. The standard InChI is InChI=1S/C26H31F2N3O5/c1-34-9-8-31-25(33)30(17-18-10-20(27)14-21(28)11-18)24(32)26(31)4-6-29(7-5-26)16-19-12-22(35-2)15-23(13-19)36-3/h10-15H,4-9,16-17H2,1-3H3. The second kappa shape index (κ2) is 10.8. The Hall–Kier alpha value is -3.24. The van der Waals surface area contributed by atoms with Gasteiger partial charge in [0, 0.05) is 45.4 Å². The van der Waals surface area contributed by atoms with Crippen molar-refractivity contribution in [2.45, 2.75) is 31.5 Å². The molecule has 2 aliphatic heterocycles. The lowest BCUT2D eigenvalue weighted by Crippen LogP contribution is -2.57. The molecule has 2 saturated heterocycles. The van der Waals surface area contributed by atoms with Gasteiger partial charge in [0.05, 0.1) is 27.4 Å². The number of urea groups is 1. The number of methoxy groups -OCH3 is 3. The Labute approximate surface area is 209 Å². The Morgan fingerprint density at radius 1 is 0.833 bits per heavy atom. The number of rotatable bonds is 9. The molecule has 2 aromatic carbocycles. The molecule has 1 spiro atoms. The number of likely N-dealkylation sites (tertiary alicyclic amines) is 1. The van der Waals surface area contributed by atoms with Crippen LogP contribution in [0, 0.1) is 11.6 Å². The average molecular weight is 504 g/mol. The van der Waals surface area contributed by atoms with Crippen LogP contribution in [0.5, 0.6) is 11.5 Å². The fourth-order valence-corrected chi connectivity index (χ4v) is 5.08. The van der Waals surface area contributed by atoms with E-state index in [1.165, 1.54) is 7.11 Å². The molecule has 4 rings (SSSR count). The quantitative estimate of drug-likeness (QED) is 0.489. The van der Waals surface area contributed by atoms with Crippen LogP contribution in [-0.4, -0.2) is 79.7 Å². The molecule has 2 aliphatic rings.